The summed E-state index contributed by atoms with van der Waals surface area (Å²) in [5.74, 6) is 0.110. The second kappa shape index (κ2) is 4.87. The van der Waals surface area contributed by atoms with E-state index >= 15 is 0 Å². The van der Waals surface area contributed by atoms with Gasteiger partial charge in [-0.15, -0.1) is 0 Å². The van der Waals surface area contributed by atoms with Crippen molar-refractivity contribution in [3.63, 3.8) is 0 Å². The normalized spacial score (nSPS) is 25.0. The molecule has 0 aliphatic carbocycles. The molecule has 5 heteroatoms. The fraction of sp³-hybridized carbons (Fsp3) is 0.667. The molecule has 1 aliphatic rings. The number of aromatic nitrogens is 2. The molecule has 0 aromatic carbocycles. The molecule has 2 rings (SSSR count). The van der Waals surface area contributed by atoms with Gasteiger partial charge in [-0.1, -0.05) is 0 Å². The third kappa shape index (κ3) is 2.85. The number of hydrogen-bond acceptors (Lipinski definition) is 3. The SMILES string of the molecule is Cc1ccnn1CC(=O)N1C[C@@H](C)O[C@@H](C)C1. The number of amides is 1. The Hall–Kier alpha value is -1.36. The molecule has 1 fully saturated rings. The van der Waals surface area contributed by atoms with Crippen LogP contribution in [0.15, 0.2) is 12.3 Å². The Kier molecular flexibility index (Phi) is 3.47. The zero-order chi connectivity index (χ0) is 12.4. The van der Waals surface area contributed by atoms with E-state index in [0.717, 1.165) is 5.69 Å². The molecular formula is C12H19N3O2. The number of carbonyl (C=O) groups is 1. The minimum Gasteiger partial charge on any atom is -0.372 e. The Balaban J connectivity index is 1.98. The van der Waals surface area contributed by atoms with Gasteiger partial charge < -0.3 is 9.64 Å². The summed E-state index contributed by atoms with van der Waals surface area (Å²) < 4.78 is 7.34. The number of aryl methyl sites for hydroxylation is 1. The maximum Gasteiger partial charge on any atom is 0.244 e. The van der Waals surface area contributed by atoms with E-state index in [1.807, 2.05) is 31.7 Å². The van der Waals surface area contributed by atoms with Crippen LogP contribution in [-0.2, 0) is 16.1 Å². The van der Waals surface area contributed by atoms with Gasteiger partial charge in [-0.05, 0) is 26.8 Å². The molecule has 5 nitrogen and oxygen atoms in total. The number of nitrogens with zero attached hydrogens (tertiary/aromatic N) is 3. The van der Waals surface area contributed by atoms with Gasteiger partial charge in [0.2, 0.25) is 5.91 Å². The summed E-state index contributed by atoms with van der Waals surface area (Å²) in [7, 11) is 0. The maximum atomic E-state index is 12.1. The second-order valence-corrected chi connectivity index (χ2v) is 4.69. The molecule has 0 N–H and O–H groups in total. The third-order valence-corrected chi connectivity index (χ3v) is 2.99. The zero-order valence-electron chi connectivity index (χ0n) is 10.6. The maximum absolute atomic E-state index is 12.1. The van der Waals surface area contributed by atoms with E-state index in [-0.39, 0.29) is 18.1 Å². The van der Waals surface area contributed by atoms with Crippen LogP contribution < -0.4 is 0 Å². The van der Waals surface area contributed by atoms with Gasteiger partial charge >= 0.3 is 0 Å². The molecular weight excluding hydrogens is 218 g/mol. The molecule has 1 aliphatic heterocycles. The van der Waals surface area contributed by atoms with E-state index in [0.29, 0.717) is 19.6 Å². The lowest BCUT2D eigenvalue weighted by molar-refractivity contribution is -0.144. The molecule has 94 valence electrons. The predicted octanol–water partition coefficient (Wildman–Crippen LogP) is 0.827. The fourth-order valence-corrected chi connectivity index (χ4v) is 2.17. The summed E-state index contributed by atoms with van der Waals surface area (Å²) in [5, 5.41) is 4.13. The van der Waals surface area contributed by atoms with Crippen LogP contribution in [0.5, 0.6) is 0 Å². The number of carbonyl (C=O) groups excluding carboxylic acids is 1. The molecule has 1 saturated heterocycles. The van der Waals surface area contributed by atoms with E-state index in [2.05, 4.69) is 5.10 Å². The highest BCUT2D eigenvalue weighted by Crippen LogP contribution is 2.11. The van der Waals surface area contributed by atoms with Crippen molar-refractivity contribution in [3.8, 4) is 0 Å². The minimum atomic E-state index is 0.110. The highest BCUT2D eigenvalue weighted by atomic mass is 16.5. The molecule has 1 aromatic rings. The topological polar surface area (TPSA) is 47.4 Å². The molecule has 0 bridgehead atoms. The molecule has 0 saturated carbocycles. The highest BCUT2D eigenvalue weighted by molar-refractivity contribution is 5.76. The first-order valence-corrected chi connectivity index (χ1v) is 5.98. The standard InChI is InChI=1S/C12H19N3O2/c1-9-4-5-13-15(9)8-12(16)14-6-10(2)17-11(3)7-14/h4-5,10-11H,6-8H2,1-3H3/t10-,11+. The second-order valence-electron chi connectivity index (χ2n) is 4.69. The van der Waals surface area contributed by atoms with Crippen molar-refractivity contribution in [1.82, 2.24) is 14.7 Å². The summed E-state index contributed by atoms with van der Waals surface area (Å²) in [5.41, 5.74) is 1.01. The van der Waals surface area contributed by atoms with Gasteiger partial charge in [0.25, 0.3) is 0 Å². The first kappa shape index (κ1) is 12.1. The van der Waals surface area contributed by atoms with Gasteiger partial charge in [-0.3, -0.25) is 9.48 Å². The van der Waals surface area contributed by atoms with Crippen molar-refractivity contribution < 1.29 is 9.53 Å². The fourth-order valence-electron chi connectivity index (χ4n) is 2.17. The van der Waals surface area contributed by atoms with E-state index in [4.69, 9.17) is 4.74 Å². The van der Waals surface area contributed by atoms with Crippen molar-refractivity contribution in [2.24, 2.45) is 0 Å². The van der Waals surface area contributed by atoms with Gasteiger partial charge in [0.1, 0.15) is 6.54 Å². The smallest absolute Gasteiger partial charge is 0.244 e. The Bertz CT molecular complexity index is 392. The van der Waals surface area contributed by atoms with Crippen LogP contribution in [0.1, 0.15) is 19.5 Å². The van der Waals surface area contributed by atoms with Crippen LogP contribution in [0.4, 0.5) is 0 Å². The summed E-state index contributed by atoms with van der Waals surface area (Å²) in [6.45, 7) is 7.60. The van der Waals surface area contributed by atoms with Gasteiger partial charge in [-0.25, -0.2) is 0 Å². The van der Waals surface area contributed by atoms with Gasteiger partial charge in [0.15, 0.2) is 0 Å². The molecule has 0 spiro atoms. The van der Waals surface area contributed by atoms with Crippen molar-refractivity contribution >= 4 is 5.91 Å². The van der Waals surface area contributed by atoms with E-state index in [1.54, 1.807) is 10.9 Å². The van der Waals surface area contributed by atoms with Crippen LogP contribution >= 0.6 is 0 Å². The molecule has 1 aromatic heterocycles. The lowest BCUT2D eigenvalue weighted by Gasteiger charge is -2.35. The lowest BCUT2D eigenvalue weighted by atomic mass is 10.2. The Morgan fingerprint density at radius 3 is 2.65 bits per heavy atom. The third-order valence-electron chi connectivity index (χ3n) is 2.99. The quantitative estimate of drug-likeness (QED) is 0.765. The molecule has 1 amide bonds. The Morgan fingerprint density at radius 2 is 2.12 bits per heavy atom. The lowest BCUT2D eigenvalue weighted by Crippen LogP contribution is -2.49. The number of morpholine rings is 1. The summed E-state index contributed by atoms with van der Waals surface area (Å²) in [6, 6.07) is 1.90. The average molecular weight is 237 g/mol. The van der Waals surface area contributed by atoms with Crippen molar-refractivity contribution in [1.29, 1.82) is 0 Å². The van der Waals surface area contributed by atoms with Crippen molar-refractivity contribution in [3.05, 3.63) is 18.0 Å². The largest absolute Gasteiger partial charge is 0.372 e. The highest BCUT2D eigenvalue weighted by Gasteiger charge is 2.25. The molecule has 0 radical (unpaired) electrons. The Morgan fingerprint density at radius 1 is 1.47 bits per heavy atom. The zero-order valence-corrected chi connectivity index (χ0v) is 10.6. The Labute approximate surface area is 101 Å². The van der Waals surface area contributed by atoms with Crippen LogP contribution in [0.3, 0.4) is 0 Å². The minimum absolute atomic E-state index is 0.110. The number of ether oxygens (including phenoxy) is 1. The van der Waals surface area contributed by atoms with Crippen LogP contribution in [0.2, 0.25) is 0 Å². The predicted molar refractivity (Wildman–Crippen MR) is 63.6 cm³/mol. The van der Waals surface area contributed by atoms with E-state index < -0.39 is 0 Å². The van der Waals surface area contributed by atoms with Crippen molar-refractivity contribution in [2.75, 3.05) is 13.1 Å². The van der Waals surface area contributed by atoms with Crippen molar-refractivity contribution in [2.45, 2.75) is 39.5 Å². The first-order chi connectivity index (χ1) is 8.06. The van der Waals surface area contributed by atoms with Crippen LogP contribution in [0, 0.1) is 6.92 Å². The monoisotopic (exact) mass is 237 g/mol. The average Bonchev–Trinajstić information content (AvgIpc) is 2.63. The number of rotatable bonds is 2. The van der Waals surface area contributed by atoms with E-state index in [9.17, 15) is 4.79 Å². The van der Waals surface area contributed by atoms with Gasteiger partial charge in [-0.2, -0.15) is 5.10 Å². The van der Waals surface area contributed by atoms with Crippen LogP contribution in [0.25, 0.3) is 0 Å². The molecule has 17 heavy (non-hydrogen) atoms. The molecule has 2 heterocycles. The van der Waals surface area contributed by atoms with Crippen LogP contribution in [-0.4, -0.2) is 45.9 Å². The summed E-state index contributed by atoms with van der Waals surface area (Å²) in [4.78, 5) is 14.0. The first-order valence-electron chi connectivity index (χ1n) is 5.98. The summed E-state index contributed by atoms with van der Waals surface area (Å²) >= 11 is 0. The number of hydrogen-bond donors (Lipinski definition) is 0. The molecule has 0 unspecified atom stereocenters. The van der Waals surface area contributed by atoms with E-state index in [1.165, 1.54) is 0 Å². The molecule has 2 atom stereocenters. The van der Waals surface area contributed by atoms with Gasteiger partial charge in [0, 0.05) is 25.0 Å². The van der Waals surface area contributed by atoms with Gasteiger partial charge in [0.05, 0.1) is 12.2 Å². The summed E-state index contributed by atoms with van der Waals surface area (Å²) in [6.07, 6.45) is 1.94.